The molecule has 2 aromatic carbocycles. The molecule has 3 rings (SSSR count). The van der Waals surface area contributed by atoms with Gasteiger partial charge in [0.05, 0.1) is 6.04 Å². The minimum Gasteiger partial charge on any atom is -0.489 e. The highest BCUT2D eigenvalue weighted by atomic mass is 19.1. The van der Waals surface area contributed by atoms with Gasteiger partial charge in [0.2, 0.25) is 0 Å². The molecule has 0 radical (unpaired) electrons. The highest BCUT2D eigenvalue weighted by Gasteiger charge is 2.13. The predicted molar refractivity (Wildman–Crippen MR) is 97.3 cm³/mol. The Hall–Kier alpha value is -3.28. The number of rotatable bonds is 6. The van der Waals surface area contributed by atoms with Crippen LogP contribution in [-0.4, -0.2) is 10.9 Å². The fourth-order valence-electron chi connectivity index (χ4n) is 2.55. The Bertz CT molecular complexity index is 895. The van der Waals surface area contributed by atoms with E-state index in [1.54, 1.807) is 31.5 Å². The van der Waals surface area contributed by atoms with Crippen LogP contribution in [-0.2, 0) is 6.61 Å². The number of benzene rings is 2. The Balaban J connectivity index is 1.60. The molecular weight excluding hydrogens is 350 g/mol. The van der Waals surface area contributed by atoms with Crippen molar-refractivity contribution in [2.75, 3.05) is 0 Å². The number of hydrogen-bond donors (Lipinski definition) is 1. The van der Waals surface area contributed by atoms with E-state index in [4.69, 9.17) is 4.74 Å². The van der Waals surface area contributed by atoms with E-state index in [0.717, 1.165) is 29.3 Å². The fourth-order valence-corrected chi connectivity index (χ4v) is 2.55. The lowest BCUT2D eigenvalue weighted by atomic mass is 10.1. The van der Waals surface area contributed by atoms with E-state index in [2.05, 4.69) is 10.3 Å². The average molecular weight is 368 g/mol. The first kappa shape index (κ1) is 18.5. The lowest BCUT2D eigenvalue weighted by Gasteiger charge is -2.15. The van der Waals surface area contributed by atoms with Crippen LogP contribution in [0.25, 0.3) is 0 Å². The Labute approximate surface area is 155 Å². The van der Waals surface area contributed by atoms with Gasteiger partial charge in [-0.05, 0) is 42.8 Å². The summed E-state index contributed by atoms with van der Waals surface area (Å²) in [6.45, 7) is 2.20. The maximum absolute atomic E-state index is 13.3. The van der Waals surface area contributed by atoms with E-state index < -0.39 is 17.5 Å². The van der Waals surface area contributed by atoms with Crippen molar-refractivity contribution in [2.24, 2.45) is 0 Å². The molecule has 6 heteroatoms. The minimum absolute atomic E-state index is 0.0595. The Morgan fingerprint density at radius 1 is 1.11 bits per heavy atom. The number of amides is 1. The van der Waals surface area contributed by atoms with Crippen LogP contribution in [0.1, 0.15) is 34.5 Å². The third-order valence-electron chi connectivity index (χ3n) is 3.98. The first-order chi connectivity index (χ1) is 13.0. The molecule has 1 aromatic heterocycles. The van der Waals surface area contributed by atoms with Crippen molar-refractivity contribution in [1.82, 2.24) is 10.3 Å². The number of pyridine rings is 1. The van der Waals surface area contributed by atoms with Gasteiger partial charge in [-0.3, -0.25) is 9.78 Å². The molecule has 0 aliphatic heterocycles. The topological polar surface area (TPSA) is 51.2 Å². The van der Waals surface area contributed by atoms with Crippen molar-refractivity contribution in [3.05, 3.63) is 95.3 Å². The molecule has 27 heavy (non-hydrogen) atoms. The molecule has 0 saturated heterocycles. The van der Waals surface area contributed by atoms with Crippen LogP contribution in [0.2, 0.25) is 0 Å². The van der Waals surface area contributed by atoms with E-state index in [1.165, 1.54) is 0 Å². The second-order valence-electron chi connectivity index (χ2n) is 6.07. The summed E-state index contributed by atoms with van der Waals surface area (Å²) in [5.74, 6) is -1.43. The van der Waals surface area contributed by atoms with Gasteiger partial charge in [-0.2, -0.15) is 0 Å². The van der Waals surface area contributed by atoms with Crippen LogP contribution in [0.3, 0.4) is 0 Å². The van der Waals surface area contributed by atoms with Gasteiger partial charge in [-0.15, -0.1) is 0 Å². The zero-order chi connectivity index (χ0) is 19.2. The molecule has 1 amide bonds. The highest BCUT2D eigenvalue weighted by molar-refractivity contribution is 5.94. The summed E-state index contributed by atoms with van der Waals surface area (Å²) in [7, 11) is 0. The van der Waals surface area contributed by atoms with Crippen LogP contribution >= 0.6 is 0 Å². The normalized spacial score (nSPS) is 11.7. The number of hydrogen-bond acceptors (Lipinski definition) is 3. The van der Waals surface area contributed by atoms with Crippen molar-refractivity contribution < 1.29 is 18.3 Å². The van der Waals surface area contributed by atoms with E-state index in [0.29, 0.717) is 12.4 Å². The Morgan fingerprint density at radius 3 is 2.44 bits per heavy atom. The molecule has 1 N–H and O–H groups in total. The fraction of sp³-hybridized carbons (Fsp3) is 0.143. The molecule has 0 bridgehead atoms. The summed E-state index contributed by atoms with van der Waals surface area (Å²) in [5.41, 5.74) is 1.74. The molecular formula is C21H18F2N2O2. The Morgan fingerprint density at radius 2 is 1.81 bits per heavy atom. The monoisotopic (exact) mass is 368 g/mol. The van der Waals surface area contributed by atoms with Crippen molar-refractivity contribution in [2.45, 2.75) is 19.6 Å². The lowest BCUT2D eigenvalue weighted by Crippen LogP contribution is -2.26. The quantitative estimate of drug-likeness (QED) is 0.700. The van der Waals surface area contributed by atoms with Crippen LogP contribution in [0, 0.1) is 11.6 Å². The van der Waals surface area contributed by atoms with E-state index in [-0.39, 0.29) is 11.6 Å². The smallest absolute Gasteiger partial charge is 0.251 e. The zero-order valence-corrected chi connectivity index (χ0v) is 14.7. The summed E-state index contributed by atoms with van der Waals surface area (Å²) in [6, 6.07) is 13.4. The number of nitrogens with one attached hydrogen (secondary N) is 1. The van der Waals surface area contributed by atoms with E-state index in [1.807, 2.05) is 24.3 Å². The van der Waals surface area contributed by atoms with Crippen molar-refractivity contribution in [3.63, 3.8) is 0 Å². The van der Waals surface area contributed by atoms with Crippen LogP contribution in [0.4, 0.5) is 8.78 Å². The van der Waals surface area contributed by atoms with Gasteiger partial charge >= 0.3 is 0 Å². The molecule has 3 aromatic rings. The molecule has 0 spiro atoms. The number of carbonyl (C=O) groups excluding carboxylic acids is 1. The van der Waals surface area contributed by atoms with Gasteiger partial charge in [-0.25, -0.2) is 8.78 Å². The molecule has 138 valence electrons. The molecule has 0 fully saturated rings. The number of carbonyl (C=O) groups is 1. The Kier molecular flexibility index (Phi) is 5.76. The van der Waals surface area contributed by atoms with Crippen molar-refractivity contribution in [3.8, 4) is 5.75 Å². The van der Waals surface area contributed by atoms with Crippen LogP contribution < -0.4 is 10.1 Å². The predicted octanol–water partition coefficient (Wildman–Crippen LogP) is 4.43. The first-order valence-corrected chi connectivity index (χ1v) is 8.40. The minimum atomic E-state index is -0.789. The molecule has 0 aliphatic carbocycles. The highest BCUT2D eigenvalue weighted by Crippen LogP contribution is 2.19. The summed E-state index contributed by atoms with van der Waals surface area (Å²) in [4.78, 5) is 16.2. The van der Waals surface area contributed by atoms with Crippen LogP contribution in [0.5, 0.6) is 5.75 Å². The van der Waals surface area contributed by atoms with Crippen molar-refractivity contribution in [1.29, 1.82) is 0 Å². The number of nitrogens with zero attached hydrogens (tertiary/aromatic N) is 1. The third-order valence-corrected chi connectivity index (χ3v) is 3.98. The molecule has 1 unspecified atom stereocenters. The molecule has 0 aliphatic rings. The second-order valence-corrected chi connectivity index (χ2v) is 6.07. The summed E-state index contributed by atoms with van der Waals surface area (Å²) in [6.07, 6.45) is 3.44. The molecule has 4 nitrogen and oxygen atoms in total. The van der Waals surface area contributed by atoms with Gasteiger partial charge in [-0.1, -0.05) is 18.2 Å². The zero-order valence-electron chi connectivity index (χ0n) is 14.7. The van der Waals surface area contributed by atoms with E-state index >= 15 is 0 Å². The summed E-state index contributed by atoms with van der Waals surface area (Å²) >= 11 is 0. The average Bonchev–Trinajstić information content (AvgIpc) is 2.66. The molecule has 1 atom stereocenters. The largest absolute Gasteiger partial charge is 0.489 e. The van der Waals surface area contributed by atoms with Crippen molar-refractivity contribution >= 4 is 5.91 Å². The molecule has 0 saturated carbocycles. The summed E-state index contributed by atoms with van der Waals surface area (Å²) in [5, 5.41) is 2.72. The SMILES string of the molecule is CC(NC(=O)c1cc(F)cc(F)c1)c1ccc(OCc2cccnc2)cc1. The summed E-state index contributed by atoms with van der Waals surface area (Å²) < 4.78 is 32.2. The first-order valence-electron chi connectivity index (χ1n) is 8.40. The maximum Gasteiger partial charge on any atom is 0.251 e. The van der Waals surface area contributed by atoms with Crippen LogP contribution in [0.15, 0.2) is 67.0 Å². The number of aromatic nitrogens is 1. The van der Waals surface area contributed by atoms with Gasteiger partial charge in [0, 0.05) is 29.6 Å². The lowest BCUT2D eigenvalue weighted by molar-refractivity contribution is 0.0939. The van der Waals surface area contributed by atoms with Gasteiger partial charge in [0.15, 0.2) is 0 Å². The van der Waals surface area contributed by atoms with Gasteiger partial charge in [0.25, 0.3) is 5.91 Å². The number of ether oxygens (including phenoxy) is 1. The standard InChI is InChI=1S/C21H18F2N2O2/c1-14(25-21(26)17-9-18(22)11-19(23)10-17)16-4-6-20(7-5-16)27-13-15-3-2-8-24-12-15/h2-12,14H,13H2,1H3,(H,25,26). The van der Waals surface area contributed by atoms with E-state index in [9.17, 15) is 13.6 Å². The second kappa shape index (κ2) is 8.40. The number of halogens is 2. The third kappa shape index (κ3) is 5.10. The maximum atomic E-state index is 13.3. The van der Waals surface area contributed by atoms with Gasteiger partial charge < -0.3 is 10.1 Å². The molecule has 1 heterocycles. The van der Waals surface area contributed by atoms with Gasteiger partial charge in [0.1, 0.15) is 24.0 Å².